The third-order valence-corrected chi connectivity index (χ3v) is 16.2. The first-order valence-electron chi connectivity index (χ1n) is 35.7. The number of nitrogens with zero attached hydrogens (tertiary/aromatic N) is 2. The first-order valence-corrected chi connectivity index (χ1v) is 33.8. The Morgan fingerprint density at radius 2 is 1.01 bits per heavy atom. The summed E-state index contributed by atoms with van der Waals surface area (Å²) in [5, 5.41) is 28.7. The molecule has 1 aromatic carbocycles. The molecule has 2 heterocycles. The summed E-state index contributed by atoms with van der Waals surface area (Å²) in [6.07, 6.45) is 8.87. The van der Waals surface area contributed by atoms with Crippen molar-refractivity contribution in [2.75, 3.05) is 70.8 Å². The third-order valence-electron chi connectivity index (χ3n) is 16.2. The minimum Gasteiger partial charge on any atom is -0.463 e. The van der Waals surface area contributed by atoms with Crippen molar-refractivity contribution in [2.45, 2.75) is 222 Å². The topological polar surface area (TPSA) is 419 Å². The highest BCUT2D eigenvalue weighted by atomic mass is 16.5. The number of carbonyl (C=O) groups excluding carboxylic acids is 12. The van der Waals surface area contributed by atoms with Gasteiger partial charge in [0.2, 0.25) is 35.4 Å². The highest BCUT2D eigenvalue weighted by molar-refractivity contribution is 5.95. The quantitative estimate of drug-likeness (QED) is 0.0324. The van der Waals surface area contributed by atoms with Gasteiger partial charge in [-0.05, 0) is 132 Å². The number of hydrogen-bond donors (Lipinski definition) is 13. The lowest BCUT2D eigenvalue weighted by Crippen LogP contribution is -2.52. The zero-order valence-corrected chi connectivity index (χ0v) is 58.1. The molecule has 0 saturated carbocycles. The molecule has 2 aliphatic heterocycles. The summed E-state index contributed by atoms with van der Waals surface area (Å²) >= 11 is 0. The summed E-state index contributed by atoms with van der Waals surface area (Å²) in [6.45, 7) is 22.9. The minimum atomic E-state index is -1.12. The molecule has 0 radical (unpaired) electrons. The summed E-state index contributed by atoms with van der Waals surface area (Å²) in [5.41, 5.74) is 16.4. The van der Waals surface area contributed by atoms with Crippen LogP contribution in [0.25, 0.3) is 0 Å². The van der Waals surface area contributed by atoms with Crippen LogP contribution in [0, 0.1) is 29.6 Å². The zero-order chi connectivity index (χ0) is 73.7. The van der Waals surface area contributed by atoms with Gasteiger partial charge in [-0.25, -0.2) is 14.4 Å². The van der Waals surface area contributed by atoms with Gasteiger partial charge in [0, 0.05) is 105 Å². The second-order valence-corrected chi connectivity index (χ2v) is 25.8. The van der Waals surface area contributed by atoms with E-state index >= 15 is 0 Å². The smallest absolute Gasteiger partial charge is 0.312 e. The zero-order valence-electron chi connectivity index (χ0n) is 61.1. The van der Waals surface area contributed by atoms with Crippen LogP contribution in [0.1, 0.15) is 189 Å². The Hall–Kier alpha value is -7.46. The molecule has 0 bridgehead atoms. The fourth-order valence-corrected chi connectivity index (χ4v) is 10.6. The number of nitrogens with one attached hydrogen (secondary N) is 10. The van der Waals surface area contributed by atoms with Crippen molar-refractivity contribution >= 4 is 77.2 Å². The summed E-state index contributed by atoms with van der Waals surface area (Å²) in [7, 11) is 0. The molecule has 0 spiro atoms. The second kappa shape index (κ2) is 49.1. The van der Waals surface area contributed by atoms with Gasteiger partial charge in [-0.1, -0.05) is 87.3 Å². The number of primary amides is 3. The fraction of sp³-hybridized carbons (Fsp3) is 0.731. The molecule has 2 aliphatic rings. The summed E-state index contributed by atoms with van der Waals surface area (Å²) in [4.78, 5) is 145. The molecule has 1 aromatic rings. The van der Waals surface area contributed by atoms with Crippen LogP contribution in [0.4, 0.5) is 20.1 Å². The number of amides is 12. The number of likely N-dealkylation sites (N-methyl/N-ethyl adjacent to an activating group) is 1. The lowest BCUT2D eigenvalue weighted by atomic mass is 10.0. The average molecular weight is 1350 g/mol. The molecule has 0 aromatic heterocycles. The number of carbonyl (C=O) groups is 12. The van der Waals surface area contributed by atoms with Gasteiger partial charge in [0.25, 0.3) is 6.45 Å². The lowest BCUT2D eigenvalue weighted by molar-refractivity contribution is -0.130. The van der Waals surface area contributed by atoms with E-state index in [2.05, 4.69) is 71.8 Å². The van der Waals surface area contributed by atoms with Crippen LogP contribution < -0.4 is 70.4 Å². The molecule has 8 atom stereocenters. The van der Waals surface area contributed by atoms with Crippen LogP contribution in [0.3, 0.4) is 0 Å². The Balaban J connectivity index is 0.000000776. The van der Waals surface area contributed by atoms with Crippen LogP contribution in [0.2, 0.25) is 0 Å². The van der Waals surface area contributed by atoms with Gasteiger partial charge in [-0.2, -0.15) is 0 Å². The molecular weight excluding hydrogens is 1220 g/mol. The summed E-state index contributed by atoms with van der Waals surface area (Å²) in [6, 6.07) is 2.35. The SMILES string of the molecule is [2H]C(=O)OCc1ccc(NC(=O)[C@H](CCCNC(N)=O)NC[C@@H](NC(=O)CCCCCN2CC(C)CC2=O)C(C)C)cc1.[2H]CC(=O)[C@H](CCCNC(N)=O)NC(=O)[C@@H](NCC)C(C)C.[2H]CC(=O)[C@H](CCCNC(N)=O)NC[C@@H](NC(=O)CCCCCN1CC(C)CC1=O)C(C)C. The molecule has 3 rings (SSSR count). The van der Waals surface area contributed by atoms with E-state index < -0.39 is 42.7 Å². The van der Waals surface area contributed by atoms with Crippen molar-refractivity contribution in [3.8, 4) is 0 Å². The van der Waals surface area contributed by atoms with E-state index in [0.29, 0.717) is 127 Å². The van der Waals surface area contributed by atoms with Crippen molar-refractivity contribution < 1.29 is 66.4 Å². The Bertz CT molecular complexity index is 2610. The number of Topliss-reactive ketones (excluding diaryl/α,β-unsaturated/α-hetero) is 2. The van der Waals surface area contributed by atoms with E-state index in [0.717, 1.165) is 64.7 Å². The lowest BCUT2D eigenvalue weighted by Gasteiger charge is -2.26. The maximum absolute atomic E-state index is 13.2. The third kappa shape index (κ3) is 39.9. The number of ether oxygens (including phenoxy) is 1. The second-order valence-electron chi connectivity index (χ2n) is 25.8. The summed E-state index contributed by atoms with van der Waals surface area (Å²) < 4.78 is 26.1. The Morgan fingerprint density at radius 3 is 1.40 bits per heavy atom. The number of urea groups is 3. The van der Waals surface area contributed by atoms with E-state index in [-0.39, 0.29) is 103 Å². The van der Waals surface area contributed by atoms with Crippen molar-refractivity contribution in [2.24, 2.45) is 46.8 Å². The highest BCUT2D eigenvalue weighted by Gasteiger charge is 2.29. The maximum Gasteiger partial charge on any atom is 0.312 e. The summed E-state index contributed by atoms with van der Waals surface area (Å²) in [5.74, 6) is 0.545. The Labute approximate surface area is 568 Å². The number of anilines is 1. The predicted octanol–water partition coefficient (Wildman–Crippen LogP) is 3.97. The van der Waals surface area contributed by atoms with Gasteiger partial charge in [-0.3, -0.25) is 43.2 Å². The molecule has 28 heteroatoms. The standard InChI is InChI=1S/C30H48N6O6.C23H43N5O4.C14H28N4O3/c1-21(2)26(35-27(38)9-5-4-6-15-36-18-22(3)16-28(36)39)17-33-25(8-7-14-32-30(31)41)29(40)34-24-12-10-23(11-13-24)19-42-20-37;1-16(2)20(14-26-19(18(4)29)9-8-11-25-23(24)32)27-21(30)10-6-5-7-12-28-15-17(3)13-22(28)31;1-5-16-12(9(2)3)13(20)18-11(10(4)19)7-6-8-17-14(15)21/h10-13,20-22,25-26,33H,4-9,14-19H2,1-3H3,(H,34,40)(H,35,38)(H3,31,32,41);16-17,19-20,26H,5-15H2,1-4H3,(H,27,30)(H3,24,25,32);9,11-12,16H,5-8H2,1-4H3,(H,18,20)(H3,15,17,21)/t22?,25-,26+;17?,19-,20+;11-,12-/m000/s1/i20D;2*4D. The van der Waals surface area contributed by atoms with E-state index in [1.54, 1.807) is 24.3 Å². The number of benzene rings is 1. The molecular formula is C67H119N15O13. The van der Waals surface area contributed by atoms with Crippen LogP contribution in [-0.2, 0) is 54.5 Å². The normalized spacial score (nSPS) is 16.6. The van der Waals surface area contributed by atoms with E-state index in [9.17, 15) is 57.5 Å². The maximum atomic E-state index is 13.2. The first kappa shape index (κ1) is 80.0. The molecule has 540 valence electrons. The number of hydrogen-bond acceptors (Lipinski definition) is 16. The molecule has 2 fully saturated rings. The predicted molar refractivity (Wildman–Crippen MR) is 367 cm³/mol. The number of likely N-dealkylation sites (tertiary alicyclic amines) is 2. The van der Waals surface area contributed by atoms with Crippen LogP contribution >= 0.6 is 0 Å². The molecule has 12 amide bonds. The van der Waals surface area contributed by atoms with Gasteiger partial charge in [0.05, 0.1) is 24.2 Å². The molecule has 2 saturated heterocycles. The monoisotopic (exact) mass is 1340 g/mol. The van der Waals surface area contributed by atoms with Crippen molar-refractivity contribution in [3.63, 3.8) is 0 Å². The Morgan fingerprint density at radius 1 is 0.579 bits per heavy atom. The van der Waals surface area contributed by atoms with Gasteiger partial charge in [0.1, 0.15) is 12.4 Å². The Kier molecular flexibility index (Phi) is 41.4. The molecule has 16 N–H and O–H groups in total. The molecule has 28 nitrogen and oxygen atoms in total. The van der Waals surface area contributed by atoms with Gasteiger partial charge in [-0.15, -0.1) is 0 Å². The van der Waals surface area contributed by atoms with Crippen molar-refractivity contribution in [1.29, 1.82) is 0 Å². The van der Waals surface area contributed by atoms with Crippen LogP contribution in [0.5, 0.6) is 0 Å². The number of unbranched alkanes of at least 4 members (excludes halogenated alkanes) is 4. The average Bonchev–Trinajstić information content (AvgIpc) is 1.64. The van der Waals surface area contributed by atoms with Gasteiger partial charge in [0.15, 0.2) is 7.15 Å². The van der Waals surface area contributed by atoms with Gasteiger partial charge < -0.3 is 84.9 Å². The van der Waals surface area contributed by atoms with E-state index in [1.807, 2.05) is 58.3 Å². The van der Waals surface area contributed by atoms with E-state index in [4.69, 9.17) is 21.3 Å². The molecule has 95 heavy (non-hydrogen) atoms. The number of nitrogens with two attached hydrogens (primary N) is 3. The minimum absolute atomic E-state index is 0.0182. The molecule has 0 aliphatic carbocycles. The first-order chi connectivity index (χ1) is 46.4. The largest absolute Gasteiger partial charge is 0.463 e. The van der Waals surface area contributed by atoms with Crippen LogP contribution in [-0.4, -0.2) is 183 Å². The van der Waals surface area contributed by atoms with Crippen molar-refractivity contribution in [3.05, 3.63) is 29.8 Å². The number of ketones is 2. The van der Waals surface area contributed by atoms with Gasteiger partial charge >= 0.3 is 18.1 Å². The van der Waals surface area contributed by atoms with Crippen LogP contribution in [0.15, 0.2) is 24.3 Å². The molecule has 2 unspecified atom stereocenters. The van der Waals surface area contributed by atoms with Crippen molar-refractivity contribution in [1.82, 2.24) is 57.7 Å². The fourth-order valence-electron chi connectivity index (χ4n) is 10.6. The highest BCUT2D eigenvalue weighted by Crippen LogP contribution is 2.20. The van der Waals surface area contributed by atoms with E-state index in [1.165, 1.54) is 0 Å². The number of rotatable bonds is 45.